The molecular weight excluding hydrogens is 268 g/mol. The Balaban J connectivity index is 1.96. The first-order valence-electron chi connectivity index (χ1n) is 7.53. The molecule has 2 heterocycles. The second kappa shape index (κ2) is 7.26. The topological polar surface area (TPSA) is 66.4 Å². The van der Waals surface area contributed by atoms with E-state index in [1.54, 1.807) is 11.9 Å². The molecule has 0 spiro atoms. The summed E-state index contributed by atoms with van der Waals surface area (Å²) in [5, 5.41) is 6.03. The van der Waals surface area contributed by atoms with Crippen molar-refractivity contribution >= 4 is 11.8 Å². The quantitative estimate of drug-likeness (QED) is 0.836. The van der Waals surface area contributed by atoms with Gasteiger partial charge >= 0.3 is 0 Å². The minimum atomic E-state index is -0.184. The van der Waals surface area contributed by atoms with E-state index in [9.17, 15) is 9.59 Å². The van der Waals surface area contributed by atoms with Gasteiger partial charge in [-0.25, -0.2) is 0 Å². The fraction of sp³-hybridized carbons (Fsp3) is 0.600. The molecule has 0 unspecified atom stereocenters. The molecule has 1 saturated heterocycles. The Labute approximate surface area is 125 Å². The van der Waals surface area contributed by atoms with E-state index >= 15 is 0 Å². The number of aromatic nitrogens is 1. The third-order valence-electron chi connectivity index (χ3n) is 4.01. The Morgan fingerprint density at radius 3 is 2.81 bits per heavy atom. The number of hydrogen-bond acceptors (Lipinski definition) is 3. The summed E-state index contributed by atoms with van der Waals surface area (Å²) in [6.07, 6.45) is 3.99. The van der Waals surface area contributed by atoms with E-state index in [0.29, 0.717) is 18.3 Å². The van der Waals surface area contributed by atoms with Crippen LogP contribution in [0.5, 0.6) is 0 Å². The third-order valence-corrected chi connectivity index (χ3v) is 4.01. The van der Waals surface area contributed by atoms with Crippen LogP contribution in [0.2, 0.25) is 0 Å². The van der Waals surface area contributed by atoms with E-state index in [1.807, 2.05) is 29.8 Å². The Bertz CT molecular complexity index is 492. The molecule has 0 bridgehead atoms. The normalized spacial score (nSPS) is 15.7. The molecule has 0 aromatic carbocycles. The zero-order chi connectivity index (χ0) is 15.2. The fourth-order valence-corrected chi connectivity index (χ4v) is 2.55. The fourth-order valence-electron chi connectivity index (χ4n) is 2.55. The second-order valence-corrected chi connectivity index (χ2v) is 5.37. The van der Waals surface area contributed by atoms with E-state index in [1.165, 1.54) is 0 Å². The molecule has 1 aliphatic rings. The highest BCUT2D eigenvalue weighted by Gasteiger charge is 2.20. The summed E-state index contributed by atoms with van der Waals surface area (Å²) >= 11 is 0. The molecule has 1 aromatic heterocycles. The molecule has 1 fully saturated rings. The van der Waals surface area contributed by atoms with Gasteiger partial charge in [-0.3, -0.25) is 9.59 Å². The molecule has 0 aliphatic carbocycles. The van der Waals surface area contributed by atoms with Crippen LogP contribution in [0.25, 0.3) is 0 Å². The molecule has 2 amide bonds. The predicted octanol–water partition coefficient (Wildman–Crippen LogP) is 0.621. The van der Waals surface area contributed by atoms with Gasteiger partial charge in [0, 0.05) is 25.8 Å². The highest BCUT2D eigenvalue weighted by molar-refractivity contribution is 5.95. The van der Waals surface area contributed by atoms with Crippen molar-refractivity contribution in [3.63, 3.8) is 0 Å². The van der Waals surface area contributed by atoms with Gasteiger partial charge in [0.05, 0.1) is 6.54 Å². The Morgan fingerprint density at radius 2 is 2.14 bits per heavy atom. The van der Waals surface area contributed by atoms with Gasteiger partial charge in [-0.15, -0.1) is 0 Å². The number of hydrogen-bond donors (Lipinski definition) is 2. The zero-order valence-electron chi connectivity index (χ0n) is 12.8. The first-order chi connectivity index (χ1) is 10.1. The van der Waals surface area contributed by atoms with Gasteiger partial charge < -0.3 is 20.1 Å². The Hall–Kier alpha value is -1.82. The van der Waals surface area contributed by atoms with E-state index in [0.717, 1.165) is 25.9 Å². The van der Waals surface area contributed by atoms with Crippen LogP contribution in [0.3, 0.4) is 0 Å². The van der Waals surface area contributed by atoms with E-state index in [-0.39, 0.29) is 18.4 Å². The van der Waals surface area contributed by atoms with Crippen LogP contribution in [0, 0.1) is 0 Å². The predicted molar refractivity (Wildman–Crippen MR) is 81.2 cm³/mol. The lowest BCUT2D eigenvalue weighted by atomic mass is 10.1. The van der Waals surface area contributed by atoms with Gasteiger partial charge in [-0.2, -0.15) is 0 Å². The van der Waals surface area contributed by atoms with Crippen molar-refractivity contribution < 1.29 is 9.59 Å². The van der Waals surface area contributed by atoms with Gasteiger partial charge in [0.15, 0.2) is 0 Å². The molecule has 1 aliphatic heterocycles. The summed E-state index contributed by atoms with van der Waals surface area (Å²) in [4.78, 5) is 25.6. The smallest absolute Gasteiger partial charge is 0.268 e. The SMILES string of the molecule is CCN(C)C(=O)CNC(=O)c1cccn1C1CCNCC1. The average molecular weight is 292 g/mol. The summed E-state index contributed by atoms with van der Waals surface area (Å²) in [7, 11) is 1.73. The van der Waals surface area contributed by atoms with Crippen molar-refractivity contribution in [1.82, 2.24) is 20.1 Å². The molecule has 21 heavy (non-hydrogen) atoms. The lowest BCUT2D eigenvalue weighted by Crippen LogP contribution is -2.39. The van der Waals surface area contributed by atoms with Crippen molar-refractivity contribution in [1.29, 1.82) is 0 Å². The molecule has 0 atom stereocenters. The van der Waals surface area contributed by atoms with Crippen molar-refractivity contribution in [2.75, 3.05) is 33.2 Å². The van der Waals surface area contributed by atoms with E-state index in [2.05, 4.69) is 10.6 Å². The largest absolute Gasteiger partial charge is 0.345 e. The maximum Gasteiger partial charge on any atom is 0.268 e. The molecule has 1 aromatic rings. The standard InChI is InChI=1S/C15H24N4O2/c1-3-18(2)14(20)11-17-15(21)13-5-4-10-19(13)12-6-8-16-9-7-12/h4-5,10,12,16H,3,6-9,11H2,1-2H3,(H,17,21). The molecule has 116 valence electrons. The van der Waals surface area contributed by atoms with Gasteiger partial charge in [0.2, 0.25) is 5.91 Å². The summed E-state index contributed by atoms with van der Waals surface area (Å²) in [6, 6.07) is 4.05. The number of piperidine rings is 1. The van der Waals surface area contributed by atoms with Gasteiger partial charge in [0.1, 0.15) is 5.69 Å². The number of likely N-dealkylation sites (N-methyl/N-ethyl adjacent to an activating group) is 1. The zero-order valence-corrected chi connectivity index (χ0v) is 12.8. The van der Waals surface area contributed by atoms with Crippen LogP contribution >= 0.6 is 0 Å². The van der Waals surface area contributed by atoms with Crippen LogP contribution in [0.15, 0.2) is 18.3 Å². The number of nitrogens with zero attached hydrogens (tertiary/aromatic N) is 2. The highest BCUT2D eigenvalue weighted by Crippen LogP contribution is 2.21. The third kappa shape index (κ3) is 3.85. The maximum absolute atomic E-state index is 12.3. The molecule has 0 saturated carbocycles. The molecule has 2 rings (SSSR count). The summed E-state index contributed by atoms with van der Waals surface area (Å²) in [6.45, 7) is 4.54. The van der Waals surface area contributed by atoms with Crippen LogP contribution in [-0.4, -0.2) is 54.5 Å². The number of amides is 2. The summed E-state index contributed by atoms with van der Waals surface area (Å²) < 4.78 is 2.03. The van der Waals surface area contributed by atoms with Gasteiger partial charge in [-0.1, -0.05) is 0 Å². The van der Waals surface area contributed by atoms with Crippen LogP contribution in [0.1, 0.15) is 36.3 Å². The summed E-state index contributed by atoms with van der Waals surface area (Å²) in [5.74, 6) is -0.262. The average Bonchev–Trinajstić information content (AvgIpc) is 3.01. The van der Waals surface area contributed by atoms with Crippen molar-refractivity contribution in [2.45, 2.75) is 25.8 Å². The lowest BCUT2D eigenvalue weighted by Gasteiger charge is -2.26. The number of carbonyl (C=O) groups is 2. The van der Waals surface area contributed by atoms with Crippen molar-refractivity contribution in [3.05, 3.63) is 24.0 Å². The van der Waals surface area contributed by atoms with Gasteiger partial charge in [-0.05, 0) is 45.0 Å². The van der Waals surface area contributed by atoms with Crippen molar-refractivity contribution in [3.8, 4) is 0 Å². The molecule has 6 heteroatoms. The monoisotopic (exact) mass is 292 g/mol. The number of carbonyl (C=O) groups excluding carboxylic acids is 2. The minimum Gasteiger partial charge on any atom is -0.345 e. The number of nitrogens with one attached hydrogen (secondary N) is 2. The minimum absolute atomic E-state index is 0.0422. The lowest BCUT2D eigenvalue weighted by molar-refractivity contribution is -0.128. The second-order valence-electron chi connectivity index (χ2n) is 5.37. The van der Waals surface area contributed by atoms with E-state index < -0.39 is 0 Å². The summed E-state index contributed by atoms with van der Waals surface area (Å²) in [5.41, 5.74) is 0.633. The van der Waals surface area contributed by atoms with Crippen LogP contribution in [-0.2, 0) is 4.79 Å². The maximum atomic E-state index is 12.3. The molecule has 6 nitrogen and oxygen atoms in total. The first-order valence-corrected chi connectivity index (χ1v) is 7.53. The van der Waals surface area contributed by atoms with Crippen LogP contribution in [0.4, 0.5) is 0 Å². The first kappa shape index (κ1) is 15.6. The van der Waals surface area contributed by atoms with Crippen LogP contribution < -0.4 is 10.6 Å². The molecule has 0 radical (unpaired) electrons. The highest BCUT2D eigenvalue weighted by atomic mass is 16.2. The molecule has 2 N–H and O–H groups in total. The number of rotatable bonds is 5. The van der Waals surface area contributed by atoms with E-state index in [4.69, 9.17) is 0 Å². The Kier molecular flexibility index (Phi) is 5.38. The molecular formula is C15H24N4O2. The van der Waals surface area contributed by atoms with Crippen molar-refractivity contribution in [2.24, 2.45) is 0 Å². The van der Waals surface area contributed by atoms with Gasteiger partial charge in [0.25, 0.3) is 5.91 Å². The Morgan fingerprint density at radius 1 is 1.43 bits per heavy atom.